The van der Waals surface area contributed by atoms with Crippen LogP contribution in [0.5, 0.6) is 0 Å². The Morgan fingerprint density at radius 3 is 2.30 bits per heavy atom. The smallest absolute Gasteiger partial charge is 0.262 e. The van der Waals surface area contributed by atoms with E-state index in [2.05, 4.69) is 0 Å². The Labute approximate surface area is 128 Å². The van der Waals surface area contributed by atoms with Gasteiger partial charge in [-0.3, -0.25) is 4.79 Å². The number of halogens is 5. The van der Waals surface area contributed by atoms with Gasteiger partial charge >= 0.3 is 0 Å². The molecule has 1 amide bonds. The molecule has 0 bridgehead atoms. The van der Waals surface area contributed by atoms with Gasteiger partial charge in [-0.1, -0.05) is 23.2 Å². The first kappa shape index (κ1) is 17.4. The Bertz CT molecular complexity index is 637. The monoisotopic (exact) mass is 365 g/mol. The molecular weight excluding hydrogens is 359 g/mol. The molecular formula is C10H8Cl3F2NO3S. The molecule has 0 fully saturated rings. The van der Waals surface area contributed by atoms with Gasteiger partial charge in [0.1, 0.15) is 4.90 Å². The summed E-state index contributed by atoms with van der Waals surface area (Å²) in [6.07, 6.45) is -2.73. The van der Waals surface area contributed by atoms with Crippen molar-refractivity contribution in [2.75, 3.05) is 13.6 Å². The van der Waals surface area contributed by atoms with E-state index in [1.807, 2.05) is 0 Å². The second kappa shape index (κ2) is 6.43. The fraction of sp³-hybridized carbons (Fsp3) is 0.300. The third-order valence-corrected chi connectivity index (χ3v) is 4.37. The highest BCUT2D eigenvalue weighted by atomic mass is 35.7. The number of rotatable bonds is 4. The van der Waals surface area contributed by atoms with Crippen molar-refractivity contribution in [1.82, 2.24) is 4.90 Å². The minimum atomic E-state index is -4.19. The van der Waals surface area contributed by atoms with Crippen molar-refractivity contribution in [1.29, 1.82) is 0 Å². The van der Waals surface area contributed by atoms with Gasteiger partial charge in [-0.2, -0.15) is 0 Å². The van der Waals surface area contributed by atoms with E-state index in [4.69, 9.17) is 33.9 Å². The van der Waals surface area contributed by atoms with Crippen LogP contribution in [-0.2, 0) is 9.05 Å². The Kier molecular flexibility index (Phi) is 5.60. The van der Waals surface area contributed by atoms with Crippen LogP contribution in [0.1, 0.15) is 10.4 Å². The molecule has 0 spiro atoms. The van der Waals surface area contributed by atoms with Gasteiger partial charge in [0.05, 0.1) is 22.2 Å². The van der Waals surface area contributed by atoms with Crippen molar-refractivity contribution < 1.29 is 22.0 Å². The first-order valence-corrected chi connectivity index (χ1v) is 8.08. The van der Waals surface area contributed by atoms with Crippen LogP contribution in [0.2, 0.25) is 10.0 Å². The van der Waals surface area contributed by atoms with E-state index >= 15 is 0 Å². The average Bonchev–Trinajstić information content (AvgIpc) is 2.25. The van der Waals surface area contributed by atoms with Crippen molar-refractivity contribution in [3.63, 3.8) is 0 Å². The Morgan fingerprint density at radius 2 is 1.85 bits per heavy atom. The van der Waals surface area contributed by atoms with E-state index in [1.165, 1.54) is 0 Å². The lowest BCUT2D eigenvalue weighted by atomic mass is 10.2. The molecule has 10 heteroatoms. The molecule has 0 saturated carbocycles. The highest BCUT2D eigenvalue weighted by molar-refractivity contribution is 8.13. The van der Waals surface area contributed by atoms with Crippen LogP contribution in [0.3, 0.4) is 0 Å². The number of hydrogen-bond acceptors (Lipinski definition) is 3. The molecule has 1 aromatic carbocycles. The van der Waals surface area contributed by atoms with E-state index in [9.17, 15) is 22.0 Å². The molecule has 112 valence electrons. The van der Waals surface area contributed by atoms with Crippen LogP contribution in [0.15, 0.2) is 17.0 Å². The molecule has 0 aromatic heterocycles. The highest BCUT2D eigenvalue weighted by Crippen LogP contribution is 2.31. The van der Waals surface area contributed by atoms with Gasteiger partial charge in [0, 0.05) is 17.7 Å². The molecule has 20 heavy (non-hydrogen) atoms. The van der Waals surface area contributed by atoms with Crippen molar-refractivity contribution >= 4 is 48.8 Å². The number of benzene rings is 1. The van der Waals surface area contributed by atoms with E-state index in [-0.39, 0.29) is 15.6 Å². The molecule has 0 heterocycles. The van der Waals surface area contributed by atoms with Crippen LogP contribution in [0.4, 0.5) is 8.78 Å². The summed E-state index contributed by atoms with van der Waals surface area (Å²) in [5, 5.41) is -0.428. The molecule has 0 aliphatic heterocycles. The van der Waals surface area contributed by atoms with Crippen LogP contribution >= 0.6 is 33.9 Å². The van der Waals surface area contributed by atoms with Crippen molar-refractivity contribution in [2.45, 2.75) is 11.3 Å². The summed E-state index contributed by atoms with van der Waals surface area (Å²) in [4.78, 5) is 12.1. The maximum absolute atomic E-state index is 12.2. The van der Waals surface area contributed by atoms with E-state index in [0.29, 0.717) is 4.90 Å². The van der Waals surface area contributed by atoms with E-state index < -0.39 is 32.8 Å². The SMILES string of the molecule is CN(CC(F)F)C(=O)c1cc(S(=O)(=O)Cl)c(Cl)cc1Cl. The molecule has 0 N–H and O–H groups in total. The number of carbonyl (C=O) groups is 1. The quantitative estimate of drug-likeness (QED) is 0.769. The molecule has 0 radical (unpaired) electrons. The summed E-state index contributed by atoms with van der Waals surface area (Å²) in [7, 11) is 2.10. The average molecular weight is 367 g/mol. The van der Waals surface area contributed by atoms with Crippen molar-refractivity contribution in [2.24, 2.45) is 0 Å². The predicted molar refractivity (Wildman–Crippen MR) is 72.5 cm³/mol. The number of alkyl halides is 2. The number of carbonyl (C=O) groups excluding carboxylic acids is 1. The standard InChI is InChI=1S/C10H8Cl3F2NO3S/c1-16(4-9(14)15)10(17)5-2-8(20(13,18)19)7(12)3-6(5)11/h2-3,9H,4H2,1H3. The first-order chi connectivity index (χ1) is 9.04. The summed E-state index contributed by atoms with van der Waals surface area (Å²) in [5.41, 5.74) is -0.279. The summed E-state index contributed by atoms with van der Waals surface area (Å²) in [5.74, 6) is -0.867. The Hall–Kier alpha value is -0.630. The zero-order valence-corrected chi connectivity index (χ0v) is 13.0. The van der Waals surface area contributed by atoms with Crippen molar-refractivity contribution in [3.05, 3.63) is 27.7 Å². The number of hydrogen-bond donors (Lipinski definition) is 0. The topological polar surface area (TPSA) is 54.5 Å². The minimum absolute atomic E-state index is 0.162. The third-order valence-electron chi connectivity index (χ3n) is 2.27. The van der Waals surface area contributed by atoms with Gasteiger partial charge in [0.25, 0.3) is 21.4 Å². The van der Waals surface area contributed by atoms with Crippen molar-refractivity contribution in [3.8, 4) is 0 Å². The zero-order chi connectivity index (χ0) is 15.7. The van der Waals surface area contributed by atoms with Gasteiger partial charge in [-0.25, -0.2) is 17.2 Å². The molecule has 0 aliphatic carbocycles. The van der Waals surface area contributed by atoms with Gasteiger partial charge in [-0.15, -0.1) is 0 Å². The summed E-state index contributed by atoms with van der Waals surface area (Å²) < 4.78 is 47.0. The van der Waals surface area contributed by atoms with E-state index in [0.717, 1.165) is 19.2 Å². The zero-order valence-electron chi connectivity index (χ0n) is 9.91. The number of amides is 1. The second-order valence-corrected chi connectivity index (χ2v) is 7.13. The lowest BCUT2D eigenvalue weighted by molar-refractivity contribution is 0.0620. The maximum Gasteiger partial charge on any atom is 0.262 e. The normalized spacial score (nSPS) is 11.8. The Balaban J connectivity index is 3.29. The number of nitrogens with zero attached hydrogens (tertiary/aromatic N) is 1. The lowest BCUT2D eigenvalue weighted by Crippen LogP contribution is -2.31. The molecule has 0 aliphatic rings. The van der Waals surface area contributed by atoms with Crippen LogP contribution in [0, 0.1) is 0 Å². The third kappa shape index (κ3) is 4.18. The van der Waals surface area contributed by atoms with Crippen LogP contribution < -0.4 is 0 Å². The summed E-state index contributed by atoms with van der Waals surface area (Å²) >= 11 is 11.4. The molecule has 1 rings (SSSR count). The minimum Gasteiger partial charge on any atom is -0.336 e. The van der Waals surface area contributed by atoms with Gasteiger partial charge in [0.2, 0.25) is 0 Å². The maximum atomic E-state index is 12.2. The largest absolute Gasteiger partial charge is 0.336 e. The summed E-state index contributed by atoms with van der Waals surface area (Å²) in [6, 6.07) is 1.87. The molecule has 0 unspecified atom stereocenters. The van der Waals surface area contributed by atoms with E-state index in [1.54, 1.807) is 0 Å². The fourth-order valence-electron chi connectivity index (χ4n) is 1.38. The van der Waals surface area contributed by atoms with Gasteiger partial charge in [0.15, 0.2) is 0 Å². The fourth-order valence-corrected chi connectivity index (χ4v) is 3.20. The predicted octanol–water partition coefficient (Wildman–Crippen LogP) is 3.26. The molecule has 4 nitrogen and oxygen atoms in total. The first-order valence-electron chi connectivity index (χ1n) is 5.01. The molecule has 0 saturated heterocycles. The summed E-state index contributed by atoms with van der Waals surface area (Å²) in [6.45, 7) is -0.819. The van der Waals surface area contributed by atoms with Gasteiger partial charge < -0.3 is 4.90 Å². The van der Waals surface area contributed by atoms with Gasteiger partial charge in [-0.05, 0) is 12.1 Å². The van der Waals surface area contributed by atoms with Crippen LogP contribution in [0.25, 0.3) is 0 Å². The lowest BCUT2D eigenvalue weighted by Gasteiger charge is -2.17. The highest BCUT2D eigenvalue weighted by Gasteiger charge is 2.23. The van der Waals surface area contributed by atoms with Crippen LogP contribution in [-0.4, -0.2) is 39.2 Å². The second-order valence-electron chi connectivity index (χ2n) is 3.78. The molecule has 1 aromatic rings. The Morgan fingerprint density at radius 1 is 1.30 bits per heavy atom. The molecule has 0 atom stereocenters.